The molecule has 1 aliphatic rings. The summed E-state index contributed by atoms with van der Waals surface area (Å²) in [6, 6.07) is 4.44. The zero-order chi connectivity index (χ0) is 16.3. The number of carbonyl (C=O) groups is 1. The Morgan fingerprint density at radius 1 is 1.27 bits per heavy atom. The summed E-state index contributed by atoms with van der Waals surface area (Å²) < 4.78 is 23.4. The van der Waals surface area contributed by atoms with Gasteiger partial charge in [0.25, 0.3) is 5.91 Å². The maximum atomic E-state index is 12.8. The summed E-state index contributed by atoms with van der Waals surface area (Å²) in [7, 11) is -3.04. The Bertz CT molecular complexity index is 641. The molecular weight excluding hydrogens is 345 g/mol. The van der Waals surface area contributed by atoms with E-state index < -0.39 is 9.84 Å². The fourth-order valence-corrected chi connectivity index (χ4v) is 4.90. The molecule has 1 amide bonds. The first-order chi connectivity index (χ1) is 10.3. The molecule has 7 heteroatoms. The van der Waals surface area contributed by atoms with E-state index in [0.29, 0.717) is 28.6 Å². The van der Waals surface area contributed by atoms with Gasteiger partial charge in [0.2, 0.25) is 0 Å². The minimum Gasteiger partial charge on any atom is -0.335 e. The highest BCUT2D eigenvalue weighted by Gasteiger charge is 2.34. The molecule has 122 valence electrons. The molecular formula is C15H19Cl2NO3S. The second-order valence-corrected chi connectivity index (χ2v) is 8.67. The standard InChI is InChI=1S/C15H19Cl2NO3S/c1-2-3-5-18(14-4-6-22(20,21)10-14)15(19)11-7-12(16)9-13(17)8-11/h7-9,14H,2-6,10H2,1H3. The number of halogens is 2. The van der Waals surface area contributed by atoms with E-state index in [2.05, 4.69) is 0 Å². The number of nitrogens with zero attached hydrogens (tertiary/aromatic N) is 1. The highest BCUT2D eigenvalue weighted by molar-refractivity contribution is 7.91. The second-order valence-electron chi connectivity index (χ2n) is 5.57. The third kappa shape index (κ3) is 4.37. The molecule has 0 saturated carbocycles. The van der Waals surface area contributed by atoms with E-state index >= 15 is 0 Å². The van der Waals surface area contributed by atoms with Crippen molar-refractivity contribution in [2.24, 2.45) is 0 Å². The Balaban J connectivity index is 2.26. The number of benzene rings is 1. The molecule has 0 aliphatic carbocycles. The van der Waals surface area contributed by atoms with Crippen molar-refractivity contribution in [3.8, 4) is 0 Å². The summed E-state index contributed by atoms with van der Waals surface area (Å²) in [4.78, 5) is 14.4. The van der Waals surface area contributed by atoms with Gasteiger partial charge >= 0.3 is 0 Å². The topological polar surface area (TPSA) is 54.5 Å². The van der Waals surface area contributed by atoms with Crippen LogP contribution in [0, 0.1) is 0 Å². The van der Waals surface area contributed by atoms with Gasteiger partial charge < -0.3 is 4.90 Å². The lowest BCUT2D eigenvalue weighted by Crippen LogP contribution is -2.41. The van der Waals surface area contributed by atoms with Crippen LogP contribution in [-0.4, -0.2) is 43.3 Å². The van der Waals surface area contributed by atoms with Crippen LogP contribution in [0.1, 0.15) is 36.5 Å². The van der Waals surface area contributed by atoms with E-state index in [1.165, 1.54) is 0 Å². The van der Waals surface area contributed by atoms with E-state index in [4.69, 9.17) is 23.2 Å². The van der Waals surface area contributed by atoms with Gasteiger partial charge in [-0.25, -0.2) is 8.42 Å². The normalized spacial score (nSPS) is 20.0. The predicted molar refractivity (Wildman–Crippen MR) is 89.5 cm³/mol. The van der Waals surface area contributed by atoms with Crippen molar-refractivity contribution >= 4 is 38.9 Å². The van der Waals surface area contributed by atoms with Gasteiger partial charge in [0, 0.05) is 28.2 Å². The first-order valence-corrected chi connectivity index (χ1v) is 9.87. The van der Waals surface area contributed by atoms with E-state index in [-0.39, 0.29) is 23.5 Å². The Morgan fingerprint density at radius 2 is 1.91 bits per heavy atom. The Labute approximate surface area is 141 Å². The fourth-order valence-electron chi connectivity index (χ4n) is 2.64. The maximum Gasteiger partial charge on any atom is 0.254 e. The molecule has 1 aromatic carbocycles. The molecule has 0 bridgehead atoms. The van der Waals surface area contributed by atoms with Gasteiger partial charge in [0.15, 0.2) is 9.84 Å². The highest BCUT2D eigenvalue weighted by Crippen LogP contribution is 2.24. The van der Waals surface area contributed by atoms with Crippen LogP contribution >= 0.6 is 23.2 Å². The minimum absolute atomic E-state index is 0.0384. The third-order valence-electron chi connectivity index (χ3n) is 3.77. The summed E-state index contributed by atoms with van der Waals surface area (Å²) in [6.07, 6.45) is 2.25. The molecule has 1 fully saturated rings. The minimum atomic E-state index is -3.04. The molecule has 0 N–H and O–H groups in total. The predicted octanol–water partition coefficient (Wildman–Crippen LogP) is 3.42. The second kappa shape index (κ2) is 7.20. The van der Waals surface area contributed by atoms with Crippen molar-refractivity contribution < 1.29 is 13.2 Å². The molecule has 0 spiro atoms. The molecule has 22 heavy (non-hydrogen) atoms. The molecule has 1 aromatic rings. The van der Waals surface area contributed by atoms with E-state index in [1.54, 1.807) is 23.1 Å². The number of unbranched alkanes of at least 4 members (excludes halogenated alkanes) is 1. The molecule has 2 rings (SSSR count). The van der Waals surface area contributed by atoms with E-state index in [1.807, 2.05) is 6.92 Å². The maximum absolute atomic E-state index is 12.8. The van der Waals surface area contributed by atoms with Crippen molar-refractivity contribution in [3.05, 3.63) is 33.8 Å². The van der Waals surface area contributed by atoms with Gasteiger partial charge in [0.05, 0.1) is 11.5 Å². The van der Waals surface area contributed by atoms with E-state index in [9.17, 15) is 13.2 Å². The number of rotatable bonds is 5. The van der Waals surface area contributed by atoms with Crippen molar-refractivity contribution in [1.29, 1.82) is 0 Å². The number of hydrogen-bond donors (Lipinski definition) is 0. The van der Waals surface area contributed by atoms with Gasteiger partial charge in [-0.2, -0.15) is 0 Å². The van der Waals surface area contributed by atoms with Gasteiger partial charge in [-0.05, 0) is 31.0 Å². The fraction of sp³-hybridized carbons (Fsp3) is 0.533. The molecule has 1 aliphatic heterocycles. The van der Waals surface area contributed by atoms with Crippen LogP contribution in [0.25, 0.3) is 0 Å². The number of carbonyl (C=O) groups excluding carboxylic acids is 1. The lowest BCUT2D eigenvalue weighted by Gasteiger charge is -2.28. The van der Waals surface area contributed by atoms with Crippen molar-refractivity contribution in [1.82, 2.24) is 4.90 Å². The summed E-state index contributed by atoms with van der Waals surface area (Å²) in [5, 5.41) is 0.788. The van der Waals surface area contributed by atoms with Gasteiger partial charge in [-0.1, -0.05) is 36.5 Å². The van der Waals surface area contributed by atoms with Crippen molar-refractivity contribution in [2.75, 3.05) is 18.1 Å². The van der Waals surface area contributed by atoms with E-state index in [0.717, 1.165) is 12.8 Å². The average molecular weight is 364 g/mol. The van der Waals surface area contributed by atoms with Gasteiger partial charge in [-0.3, -0.25) is 4.79 Å². The lowest BCUT2D eigenvalue weighted by molar-refractivity contribution is 0.0694. The van der Waals surface area contributed by atoms with Crippen LogP contribution in [0.4, 0.5) is 0 Å². The van der Waals surface area contributed by atoms with Crippen LogP contribution in [0.5, 0.6) is 0 Å². The van der Waals surface area contributed by atoms with Gasteiger partial charge in [-0.15, -0.1) is 0 Å². The van der Waals surface area contributed by atoms with Crippen molar-refractivity contribution in [3.63, 3.8) is 0 Å². The van der Waals surface area contributed by atoms with Crippen LogP contribution in [0.2, 0.25) is 10.0 Å². The van der Waals surface area contributed by atoms with Crippen LogP contribution in [-0.2, 0) is 9.84 Å². The zero-order valence-corrected chi connectivity index (χ0v) is 14.7. The van der Waals surface area contributed by atoms with Crippen molar-refractivity contribution in [2.45, 2.75) is 32.2 Å². The van der Waals surface area contributed by atoms with Crippen LogP contribution < -0.4 is 0 Å². The molecule has 1 saturated heterocycles. The zero-order valence-electron chi connectivity index (χ0n) is 12.4. The molecule has 0 aromatic heterocycles. The summed E-state index contributed by atoms with van der Waals surface area (Å²) in [6.45, 7) is 2.57. The monoisotopic (exact) mass is 363 g/mol. The molecule has 1 unspecified atom stereocenters. The SMILES string of the molecule is CCCCN(C(=O)c1cc(Cl)cc(Cl)c1)C1CCS(=O)(=O)C1. The Morgan fingerprint density at radius 3 is 2.41 bits per heavy atom. The summed E-state index contributed by atoms with van der Waals surface area (Å²) >= 11 is 11.9. The first kappa shape index (κ1) is 17.6. The summed E-state index contributed by atoms with van der Waals surface area (Å²) in [5.74, 6) is -0.0272. The average Bonchev–Trinajstić information content (AvgIpc) is 2.78. The third-order valence-corrected chi connectivity index (χ3v) is 5.96. The molecule has 4 nitrogen and oxygen atoms in total. The van der Waals surface area contributed by atoms with Crippen LogP contribution in [0.3, 0.4) is 0 Å². The lowest BCUT2D eigenvalue weighted by atomic mass is 10.1. The van der Waals surface area contributed by atoms with Gasteiger partial charge in [0.1, 0.15) is 0 Å². The first-order valence-electron chi connectivity index (χ1n) is 7.30. The molecule has 0 radical (unpaired) electrons. The molecule has 1 heterocycles. The Hall–Kier alpha value is -0.780. The number of amides is 1. The number of hydrogen-bond acceptors (Lipinski definition) is 3. The van der Waals surface area contributed by atoms with Crippen LogP contribution in [0.15, 0.2) is 18.2 Å². The Kier molecular flexibility index (Phi) is 5.75. The largest absolute Gasteiger partial charge is 0.335 e. The summed E-state index contributed by atoms with van der Waals surface area (Å²) in [5.41, 5.74) is 0.401. The molecule has 1 atom stereocenters. The quantitative estimate of drug-likeness (QED) is 0.805. The number of sulfone groups is 1. The smallest absolute Gasteiger partial charge is 0.254 e. The highest BCUT2D eigenvalue weighted by atomic mass is 35.5.